The topological polar surface area (TPSA) is 92.7 Å². The summed E-state index contributed by atoms with van der Waals surface area (Å²) in [4.78, 5) is 39.0. The maximum atomic E-state index is 13.5. The number of carboxylic acid groups (broad SMARTS) is 1. The first kappa shape index (κ1) is 23.2. The second-order valence-electron chi connectivity index (χ2n) is 9.14. The Labute approximate surface area is 197 Å². The number of carbonyl (C=O) groups excluding carboxylic acids is 2. The molecule has 2 saturated carbocycles. The quantitative estimate of drug-likeness (QED) is 0.443. The number of carboxylic acids is 1. The largest absolute Gasteiger partial charge is 0.481 e. The molecule has 1 aromatic heterocycles. The molecule has 1 heterocycles. The molecule has 4 rings (SSSR count). The fourth-order valence-corrected chi connectivity index (χ4v) is 6.81. The maximum Gasteiger partial charge on any atom is 0.340 e. The van der Waals surface area contributed by atoms with Crippen LogP contribution in [0.4, 0.5) is 5.00 Å². The fraction of sp³-hybridized carbons (Fsp3) is 0.423. The molecular formula is C26H29NO5S. The number of hydrogen-bond donors (Lipinski definition) is 2. The lowest BCUT2D eigenvalue weighted by Gasteiger charge is -2.26. The van der Waals surface area contributed by atoms with Crippen LogP contribution in [-0.4, -0.2) is 30.1 Å². The van der Waals surface area contributed by atoms with E-state index in [-0.39, 0.29) is 23.7 Å². The molecule has 1 aromatic carbocycles. The van der Waals surface area contributed by atoms with Crippen LogP contribution < -0.4 is 5.32 Å². The van der Waals surface area contributed by atoms with Crippen LogP contribution in [0.2, 0.25) is 0 Å². The Morgan fingerprint density at radius 3 is 2.30 bits per heavy atom. The van der Waals surface area contributed by atoms with E-state index in [0.717, 1.165) is 34.4 Å². The van der Waals surface area contributed by atoms with E-state index in [0.29, 0.717) is 10.6 Å². The van der Waals surface area contributed by atoms with Gasteiger partial charge in [-0.05, 0) is 50.2 Å². The highest BCUT2D eigenvalue weighted by Gasteiger charge is 2.57. The molecule has 5 atom stereocenters. The van der Waals surface area contributed by atoms with Crippen molar-refractivity contribution in [2.75, 3.05) is 12.4 Å². The monoisotopic (exact) mass is 467 g/mol. The summed E-state index contributed by atoms with van der Waals surface area (Å²) in [7, 11) is 1.31. The summed E-state index contributed by atoms with van der Waals surface area (Å²) in [6, 6.07) is 11.7. The normalized spacial score (nSPS) is 24.4. The molecule has 2 aliphatic carbocycles. The van der Waals surface area contributed by atoms with Crippen molar-refractivity contribution in [3.63, 3.8) is 0 Å². The fourth-order valence-electron chi connectivity index (χ4n) is 5.68. The lowest BCUT2D eigenvalue weighted by atomic mass is 9.79. The molecule has 2 aliphatic rings. The van der Waals surface area contributed by atoms with Gasteiger partial charge in [0.1, 0.15) is 5.00 Å². The van der Waals surface area contributed by atoms with Crippen LogP contribution in [0.25, 0.3) is 0 Å². The van der Waals surface area contributed by atoms with Crippen molar-refractivity contribution in [2.24, 2.45) is 23.7 Å². The molecule has 1 amide bonds. The number of aliphatic carboxylic acids is 1. The number of ether oxygens (including phenoxy) is 1. The minimum atomic E-state index is -0.932. The first-order valence-electron chi connectivity index (χ1n) is 11.2. The van der Waals surface area contributed by atoms with Gasteiger partial charge in [-0.15, -0.1) is 11.3 Å². The highest BCUT2D eigenvalue weighted by atomic mass is 32.1. The van der Waals surface area contributed by atoms with Gasteiger partial charge in [-0.3, -0.25) is 9.59 Å². The highest BCUT2D eigenvalue weighted by molar-refractivity contribution is 7.16. The Morgan fingerprint density at radius 1 is 1.09 bits per heavy atom. The van der Waals surface area contributed by atoms with E-state index < -0.39 is 23.8 Å². The van der Waals surface area contributed by atoms with Gasteiger partial charge < -0.3 is 15.2 Å². The smallest absolute Gasteiger partial charge is 0.340 e. The van der Waals surface area contributed by atoms with Crippen molar-refractivity contribution in [2.45, 2.75) is 39.5 Å². The van der Waals surface area contributed by atoms with E-state index in [2.05, 4.69) is 5.32 Å². The number of esters is 1. The number of benzene rings is 1. The maximum absolute atomic E-state index is 13.5. The number of nitrogens with one attached hydrogen (secondary N) is 1. The van der Waals surface area contributed by atoms with Gasteiger partial charge in [0.25, 0.3) is 0 Å². The SMILES string of the molecule is COC(=O)c1cc([C@H](C)c2ccccc2)sc1NC(=O)[C@H]1[C@@H](C(=O)O)[C@H]2CC[C@@H]1C2=C(C)C. The van der Waals surface area contributed by atoms with Crippen LogP contribution in [0.15, 0.2) is 47.5 Å². The van der Waals surface area contributed by atoms with Gasteiger partial charge in [0.2, 0.25) is 5.91 Å². The van der Waals surface area contributed by atoms with Crippen molar-refractivity contribution in [1.29, 1.82) is 0 Å². The van der Waals surface area contributed by atoms with Gasteiger partial charge >= 0.3 is 11.9 Å². The lowest BCUT2D eigenvalue weighted by molar-refractivity contribution is -0.148. The molecule has 7 heteroatoms. The molecule has 0 aliphatic heterocycles. The van der Waals surface area contributed by atoms with Crippen molar-refractivity contribution in [3.05, 3.63) is 63.5 Å². The minimum absolute atomic E-state index is 0.0248. The van der Waals surface area contributed by atoms with E-state index in [4.69, 9.17) is 4.74 Å². The Hall–Kier alpha value is -2.93. The van der Waals surface area contributed by atoms with E-state index in [1.165, 1.54) is 18.4 Å². The number of amides is 1. The molecule has 33 heavy (non-hydrogen) atoms. The summed E-state index contributed by atoms with van der Waals surface area (Å²) in [5.41, 5.74) is 3.63. The van der Waals surface area contributed by atoms with Crippen LogP contribution >= 0.6 is 11.3 Å². The zero-order valence-electron chi connectivity index (χ0n) is 19.3. The van der Waals surface area contributed by atoms with Gasteiger partial charge in [0, 0.05) is 10.8 Å². The van der Waals surface area contributed by atoms with Gasteiger partial charge in [-0.1, -0.05) is 48.4 Å². The van der Waals surface area contributed by atoms with E-state index in [1.807, 2.05) is 51.1 Å². The zero-order chi connectivity index (χ0) is 23.9. The predicted octanol–water partition coefficient (Wildman–Crippen LogP) is 5.32. The summed E-state index contributed by atoms with van der Waals surface area (Å²) in [5.74, 6) is -3.31. The average Bonchev–Trinajstić information content (AvgIpc) is 3.50. The summed E-state index contributed by atoms with van der Waals surface area (Å²) in [6.07, 6.45) is 1.62. The second kappa shape index (κ2) is 9.14. The molecule has 2 fully saturated rings. The second-order valence-corrected chi connectivity index (χ2v) is 10.2. The van der Waals surface area contributed by atoms with E-state index in [1.54, 1.807) is 6.07 Å². The van der Waals surface area contributed by atoms with Crippen LogP contribution in [0.1, 0.15) is 60.3 Å². The Balaban J connectivity index is 1.66. The summed E-state index contributed by atoms with van der Waals surface area (Å²) in [6.45, 7) is 6.03. The summed E-state index contributed by atoms with van der Waals surface area (Å²) >= 11 is 1.34. The molecule has 6 nitrogen and oxygen atoms in total. The molecule has 174 valence electrons. The van der Waals surface area contributed by atoms with Crippen molar-refractivity contribution in [1.82, 2.24) is 0 Å². The zero-order valence-corrected chi connectivity index (χ0v) is 20.1. The standard InChI is InChI=1S/C26H29NO5S/c1-13(2)20-16-10-11-17(20)22(25(29)30)21(16)23(28)27-24-18(26(31)32-4)12-19(33-24)14(3)15-8-6-5-7-9-15/h5-9,12,14,16-17,21-22H,10-11H2,1-4H3,(H,27,28)(H,29,30)/t14-,16-,17+,21-,22+/m1/s1. The van der Waals surface area contributed by atoms with Crippen LogP contribution in [-0.2, 0) is 14.3 Å². The molecule has 0 saturated heterocycles. The molecule has 2 N–H and O–H groups in total. The lowest BCUT2D eigenvalue weighted by Crippen LogP contribution is -2.37. The summed E-state index contributed by atoms with van der Waals surface area (Å²) in [5, 5.41) is 13.3. The third-order valence-corrected chi connectivity index (χ3v) is 8.36. The first-order valence-corrected chi connectivity index (χ1v) is 12.0. The number of carbonyl (C=O) groups is 3. The van der Waals surface area contributed by atoms with E-state index >= 15 is 0 Å². The molecule has 2 aromatic rings. The Bertz CT molecular complexity index is 1110. The van der Waals surface area contributed by atoms with E-state index in [9.17, 15) is 19.5 Å². The Morgan fingerprint density at radius 2 is 1.73 bits per heavy atom. The molecule has 0 radical (unpaired) electrons. The van der Waals surface area contributed by atoms with Crippen molar-refractivity contribution in [3.8, 4) is 0 Å². The number of thiophene rings is 1. The molecular weight excluding hydrogens is 438 g/mol. The van der Waals surface area contributed by atoms with Crippen LogP contribution in [0, 0.1) is 23.7 Å². The van der Waals surface area contributed by atoms with Gasteiger partial charge in [0.15, 0.2) is 0 Å². The third kappa shape index (κ3) is 4.10. The van der Waals surface area contributed by atoms with Crippen molar-refractivity contribution < 1.29 is 24.2 Å². The van der Waals surface area contributed by atoms with Gasteiger partial charge in [-0.25, -0.2) is 4.79 Å². The Kier molecular flexibility index (Phi) is 6.43. The molecule has 0 unspecified atom stereocenters. The third-order valence-electron chi connectivity index (χ3n) is 7.13. The minimum Gasteiger partial charge on any atom is -0.481 e. The number of anilines is 1. The first-order chi connectivity index (χ1) is 15.7. The predicted molar refractivity (Wildman–Crippen MR) is 127 cm³/mol. The van der Waals surface area contributed by atoms with Crippen LogP contribution in [0.5, 0.6) is 0 Å². The molecule has 0 spiro atoms. The molecule has 2 bridgehead atoms. The van der Waals surface area contributed by atoms with Crippen molar-refractivity contribution >= 4 is 34.2 Å². The number of hydrogen-bond acceptors (Lipinski definition) is 5. The summed E-state index contributed by atoms with van der Waals surface area (Å²) < 4.78 is 4.95. The number of allylic oxidation sites excluding steroid dienone is 2. The number of methoxy groups -OCH3 is 1. The highest BCUT2D eigenvalue weighted by Crippen LogP contribution is 2.57. The number of rotatable bonds is 6. The average molecular weight is 468 g/mol. The van der Waals surface area contributed by atoms with Gasteiger partial charge in [0.05, 0.1) is 24.5 Å². The van der Waals surface area contributed by atoms with Gasteiger partial charge in [-0.2, -0.15) is 0 Å². The number of fused-ring (bicyclic) bond motifs is 2. The van der Waals surface area contributed by atoms with Crippen LogP contribution in [0.3, 0.4) is 0 Å².